The Balaban J connectivity index is 1.71. The number of amides is 1. The Kier molecular flexibility index (Phi) is 3.65. The summed E-state index contributed by atoms with van der Waals surface area (Å²) in [5, 5.41) is 18.2. The second-order valence-corrected chi connectivity index (χ2v) is 4.91. The van der Waals surface area contributed by atoms with Gasteiger partial charge in [0.1, 0.15) is 19.0 Å². The molecule has 1 atom stereocenters. The number of hydrogen-bond acceptors (Lipinski definition) is 5. The molecule has 3 aromatic rings. The van der Waals surface area contributed by atoms with Gasteiger partial charge in [0.25, 0.3) is 5.91 Å². The molecule has 2 heterocycles. The van der Waals surface area contributed by atoms with Gasteiger partial charge in [0, 0.05) is 18.3 Å². The van der Waals surface area contributed by atoms with Crippen LogP contribution in [0, 0.1) is 0 Å². The van der Waals surface area contributed by atoms with Crippen molar-refractivity contribution < 1.29 is 4.79 Å². The maximum absolute atomic E-state index is 12.3. The normalized spacial score (nSPS) is 12.1. The first-order chi connectivity index (χ1) is 10.6. The highest BCUT2D eigenvalue weighted by molar-refractivity contribution is 5.94. The summed E-state index contributed by atoms with van der Waals surface area (Å²) in [6, 6.07) is 6.97. The van der Waals surface area contributed by atoms with E-state index in [1.165, 1.54) is 0 Å². The summed E-state index contributed by atoms with van der Waals surface area (Å²) >= 11 is 0. The third kappa shape index (κ3) is 2.71. The van der Waals surface area contributed by atoms with Gasteiger partial charge in [0.2, 0.25) is 0 Å². The van der Waals surface area contributed by atoms with Gasteiger partial charge >= 0.3 is 0 Å². The minimum Gasteiger partial charge on any atom is -0.342 e. The molecule has 0 fully saturated rings. The summed E-state index contributed by atoms with van der Waals surface area (Å²) in [6.45, 7) is 1.87. The lowest BCUT2D eigenvalue weighted by atomic mass is 10.1. The van der Waals surface area contributed by atoms with Crippen LogP contribution in [-0.4, -0.2) is 35.4 Å². The van der Waals surface area contributed by atoms with Crippen LogP contribution in [0.25, 0.3) is 5.69 Å². The minimum absolute atomic E-state index is 0.161. The number of carbonyl (C=O) groups excluding carboxylic acids is 1. The third-order valence-electron chi connectivity index (χ3n) is 3.33. The molecular weight excluding hydrogens is 282 g/mol. The maximum atomic E-state index is 12.3. The van der Waals surface area contributed by atoms with Crippen molar-refractivity contribution in [3.63, 3.8) is 0 Å². The minimum atomic E-state index is -0.225. The second-order valence-electron chi connectivity index (χ2n) is 4.91. The number of nitrogens with zero attached hydrogens (tertiary/aromatic N) is 6. The first-order valence-corrected chi connectivity index (χ1v) is 6.75. The zero-order valence-electron chi connectivity index (χ0n) is 12.2. The molecule has 0 radical (unpaired) electrons. The Morgan fingerprint density at radius 2 is 1.77 bits per heavy atom. The highest BCUT2D eigenvalue weighted by Gasteiger charge is 2.15. The van der Waals surface area contributed by atoms with E-state index < -0.39 is 0 Å². The molecule has 8 heteroatoms. The summed E-state index contributed by atoms with van der Waals surface area (Å²) in [6.07, 6.45) is 4.81. The number of benzene rings is 1. The fourth-order valence-corrected chi connectivity index (χ4v) is 2.15. The zero-order chi connectivity index (χ0) is 15.5. The van der Waals surface area contributed by atoms with Crippen LogP contribution in [0.4, 0.5) is 0 Å². The second kappa shape index (κ2) is 5.76. The van der Waals surface area contributed by atoms with Crippen molar-refractivity contribution >= 4 is 5.91 Å². The molecule has 2 aromatic heterocycles. The van der Waals surface area contributed by atoms with Crippen LogP contribution in [0.2, 0.25) is 0 Å². The molecule has 0 aliphatic rings. The van der Waals surface area contributed by atoms with Crippen LogP contribution in [0.1, 0.15) is 29.1 Å². The summed E-state index contributed by atoms with van der Waals surface area (Å²) in [5.41, 5.74) is 1.47. The van der Waals surface area contributed by atoms with E-state index in [2.05, 4.69) is 25.7 Å². The van der Waals surface area contributed by atoms with E-state index in [9.17, 15) is 4.79 Å². The summed E-state index contributed by atoms with van der Waals surface area (Å²) < 4.78 is 3.55. The van der Waals surface area contributed by atoms with Gasteiger partial charge in [0.15, 0.2) is 5.82 Å². The molecule has 0 saturated carbocycles. The molecule has 1 N–H and O–H groups in total. The number of carbonyl (C=O) groups is 1. The Hall–Kier alpha value is -3.03. The molecule has 1 amide bonds. The van der Waals surface area contributed by atoms with E-state index in [4.69, 9.17) is 0 Å². The molecular formula is C14H15N7O. The lowest BCUT2D eigenvalue weighted by Gasteiger charge is -2.13. The van der Waals surface area contributed by atoms with Gasteiger partial charge < -0.3 is 9.88 Å². The smallest absolute Gasteiger partial charge is 0.251 e. The number of aryl methyl sites for hydroxylation is 1. The average molecular weight is 297 g/mol. The summed E-state index contributed by atoms with van der Waals surface area (Å²) in [5.74, 6) is 0.542. The van der Waals surface area contributed by atoms with Crippen LogP contribution >= 0.6 is 0 Å². The van der Waals surface area contributed by atoms with E-state index in [0.29, 0.717) is 11.4 Å². The van der Waals surface area contributed by atoms with Crippen LogP contribution in [0.5, 0.6) is 0 Å². The van der Waals surface area contributed by atoms with E-state index in [-0.39, 0.29) is 11.9 Å². The summed E-state index contributed by atoms with van der Waals surface area (Å²) in [4.78, 5) is 12.3. The van der Waals surface area contributed by atoms with E-state index in [1.54, 1.807) is 40.2 Å². The quantitative estimate of drug-likeness (QED) is 0.772. The van der Waals surface area contributed by atoms with Crippen LogP contribution < -0.4 is 5.32 Å². The van der Waals surface area contributed by atoms with Crippen molar-refractivity contribution in [2.45, 2.75) is 13.0 Å². The topological polar surface area (TPSA) is 90.5 Å². The van der Waals surface area contributed by atoms with Gasteiger partial charge in [-0.2, -0.15) is 0 Å². The van der Waals surface area contributed by atoms with Crippen molar-refractivity contribution in [1.82, 2.24) is 34.8 Å². The fourth-order valence-electron chi connectivity index (χ4n) is 2.15. The van der Waals surface area contributed by atoms with E-state index >= 15 is 0 Å². The molecule has 0 saturated heterocycles. The largest absolute Gasteiger partial charge is 0.342 e. The monoisotopic (exact) mass is 297 g/mol. The van der Waals surface area contributed by atoms with Crippen LogP contribution in [0.3, 0.4) is 0 Å². The number of hydrogen-bond donors (Lipinski definition) is 1. The van der Waals surface area contributed by atoms with Crippen molar-refractivity contribution in [3.8, 4) is 5.69 Å². The van der Waals surface area contributed by atoms with Gasteiger partial charge in [-0.05, 0) is 31.2 Å². The van der Waals surface area contributed by atoms with Crippen molar-refractivity contribution in [2.24, 2.45) is 7.05 Å². The predicted molar refractivity (Wildman–Crippen MR) is 78.2 cm³/mol. The third-order valence-corrected chi connectivity index (χ3v) is 3.33. The van der Waals surface area contributed by atoms with Gasteiger partial charge in [0.05, 0.1) is 6.04 Å². The van der Waals surface area contributed by atoms with Gasteiger partial charge in [-0.1, -0.05) is 0 Å². The molecule has 8 nitrogen and oxygen atoms in total. The van der Waals surface area contributed by atoms with Crippen LogP contribution in [0.15, 0.2) is 43.2 Å². The highest BCUT2D eigenvalue weighted by Crippen LogP contribution is 2.12. The first-order valence-electron chi connectivity index (χ1n) is 6.75. The molecule has 1 aromatic carbocycles. The van der Waals surface area contributed by atoms with E-state index in [0.717, 1.165) is 5.69 Å². The highest BCUT2D eigenvalue weighted by atomic mass is 16.1. The molecule has 1 unspecified atom stereocenters. The number of rotatable bonds is 4. The van der Waals surface area contributed by atoms with Crippen molar-refractivity contribution in [3.05, 3.63) is 54.6 Å². The lowest BCUT2D eigenvalue weighted by molar-refractivity contribution is 0.0938. The molecule has 112 valence electrons. The summed E-state index contributed by atoms with van der Waals surface area (Å²) in [7, 11) is 1.84. The Morgan fingerprint density at radius 3 is 2.36 bits per heavy atom. The number of nitrogens with one attached hydrogen (secondary N) is 1. The standard InChI is InChI=1S/C14H15N7O/c1-10(13-19-17-7-20(13)2)18-14(22)11-3-5-12(6-4-11)21-8-15-16-9-21/h3-10H,1-2H3,(H,18,22). The van der Waals surface area contributed by atoms with Gasteiger partial charge in [-0.25, -0.2) is 0 Å². The Labute approximate surface area is 126 Å². The zero-order valence-corrected chi connectivity index (χ0v) is 12.2. The maximum Gasteiger partial charge on any atom is 0.251 e. The number of aromatic nitrogens is 6. The molecule has 0 aliphatic heterocycles. The lowest BCUT2D eigenvalue weighted by Crippen LogP contribution is -2.28. The van der Waals surface area contributed by atoms with Crippen molar-refractivity contribution in [1.29, 1.82) is 0 Å². The Morgan fingerprint density at radius 1 is 1.09 bits per heavy atom. The molecule has 0 spiro atoms. The molecule has 22 heavy (non-hydrogen) atoms. The molecule has 0 aliphatic carbocycles. The SMILES string of the molecule is CC(NC(=O)c1ccc(-n2cnnc2)cc1)c1nncn1C. The van der Waals surface area contributed by atoms with Crippen molar-refractivity contribution in [2.75, 3.05) is 0 Å². The molecule has 3 rings (SSSR count). The first kappa shape index (κ1) is 13.9. The average Bonchev–Trinajstić information content (AvgIpc) is 3.18. The van der Waals surface area contributed by atoms with Gasteiger partial charge in [-0.3, -0.25) is 9.36 Å². The van der Waals surface area contributed by atoms with Gasteiger partial charge in [-0.15, -0.1) is 20.4 Å². The molecule has 0 bridgehead atoms. The Bertz CT molecular complexity index is 761. The fraction of sp³-hybridized carbons (Fsp3) is 0.214. The predicted octanol–water partition coefficient (Wildman–Crippen LogP) is 0.887. The van der Waals surface area contributed by atoms with E-state index in [1.807, 2.05) is 26.1 Å². The van der Waals surface area contributed by atoms with Crippen LogP contribution in [-0.2, 0) is 7.05 Å².